The fourth-order valence-electron chi connectivity index (χ4n) is 2.34. The molecule has 1 atom stereocenters. The number of rotatable bonds is 6. The van der Waals surface area contributed by atoms with E-state index in [9.17, 15) is 25.0 Å². The van der Waals surface area contributed by atoms with Gasteiger partial charge in [-0.15, -0.1) is 0 Å². The zero-order valence-corrected chi connectivity index (χ0v) is 13.8. The van der Waals surface area contributed by atoms with Crippen LogP contribution in [0, 0.1) is 27.2 Å². The quantitative estimate of drug-likeness (QED) is 0.638. The van der Waals surface area contributed by atoms with Gasteiger partial charge in [-0.05, 0) is 24.5 Å². The van der Waals surface area contributed by atoms with E-state index in [2.05, 4.69) is 5.32 Å². The van der Waals surface area contributed by atoms with Crippen molar-refractivity contribution in [3.8, 4) is 0 Å². The van der Waals surface area contributed by atoms with Crippen LogP contribution in [0.1, 0.15) is 34.3 Å². The minimum atomic E-state index is -0.522. The number of non-ortho nitro benzene ring substituents is 1. The predicted molar refractivity (Wildman–Crippen MR) is 91.7 cm³/mol. The number of carbonyl (C=O) groups is 1. The van der Waals surface area contributed by atoms with Crippen LogP contribution < -0.4 is 5.32 Å². The van der Waals surface area contributed by atoms with Crippen LogP contribution in [0.15, 0.2) is 42.5 Å². The first kappa shape index (κ1) is 18.1. The first-order valence-electron chi connectivity index (χ1n) is 7.57. The molecular weight excluding hydrogens is 326 g/mol. The third kappa shape index (κ3) is 4.37. The van der Waals surface area contributed by atoms with Gasteiger partial charge in [0.25, 0.3) is 17.3 Å². The Morgan fingerprint density at radius 3 is 2.28 bits per heavy atom. The molecule has 0 radical (unpaired) electrons. The molecule has 1 N–H and O–H groups in total. The lowest BCUT2D eigenvalue weighted by molar-refractivity contribution is -0.385. The molecule has 0 fully saturated rings. The molecule has 0 saturated heterocycles. The maximum Gasteiger partial charge on any atom is 0.273 e. The number of hydrogen-bond acceptors (Lipinski definition) is 5. The summed E-state index contributed by atoms with van der Waals surface area (Å²) in [7, 11) is 0. The monoisotopic (exact) mass is 343 g/mol. The molecule has 0 spiro atoms. The second-order valence-electron chi connectivity index (χ2n) is 5.72. The number of nitrogens with one attached hydrogen (secondary N) is 1. The standard InChI is InChI=1S/C17H17N3O5/c1-11-3-4-14(9-16(11)20(24)25)17(21)18-10-12(2)13-5-7-15(8-6-13)19(22)23/h3-9,12H,10H2,1-2H3,(H,18,21). The second-order valence-corrected chi connectivity index (χ2v) is 5.72. The van der Waals surface area contributed by atoms with Gasteiger partial charge in [0.15, 0.2) is 0 Å². The Morgan fingerprint density at radius 1 is 1.08 bits per heavy atom. The summed E-state index contributed by atoms with van der Waals surface area (Å²) in [6.07, 6.45) is 0. The van der Waals surface area contributed by atoms with Crippen molar-refractivity contribution < 1.29 is 14.6 Å². The van der Waals surface area contributed by atoms with Gasteiger partial charge in [0, 0.05) is 35.9 Å². The van der Waals surface area contributed by atoms with E-state index < -0.39 is 15.8 Å². The summed E-state index contributed by atoms with van der Waals surface area (Å²) in [5.41, 5.74) is 1.46. The smallest absolute Gasteiger partial charge is 0.273 e. The average Bonchev–Trinajstić information content (AvgIpc) is 2.59. The zero-order chi connectivity index (χ0) is 18.6. The fraction of sp³-hybridized carbons (Fsp3) is 0.235. The van der Waals surface area contributed by atoms with Crippen molar-refractivity contribution in [3.05, 3.63) is 79.4 Å². The molecule has 0 aliphatic heterocycles. The third-order valence-corrected chi connectivity index (χ3v) is 3.91. The minimum Gasteiger partial charge on any atom is -0.351 e. The average molecular weight is 343 g/mol. The van der Waals surface area contributed by atoms with E-state index in [1.807, 2.05) is 6.92 Å². The number of hydrogen-bond donors (Lipinski definition) is 1. The van der Waals surface area contributed by atoms with Crippen LogP contribution in [0.5, 0.6) is 0 Å². The van der Waals surface area contributed by atoms with Crippen LogP contribution in [-0.2, 0) is 0 Å². The highest BCUT2D eigenvalue weighted by Gasteiger charge is 2.16. The second kappa shape index (κ2) is 7.52. The molecule has 1 amide bonds. The molecule has 2 aromatic carbocycles. The van der Waals surface area contributed by atoms with Gasteiger partial charge in [0.2, 0.25) is 0 Å². The number of carbonyl (C=O) groups excluding carboxylic acids is 1. The van der Waals surface area contributed by atoms with Crippen molar-refractivity contribution in [1.82, 2.24) is 5.32 Å². The maximum atomic E-state index is 12.2. The van der Waals surface area contributed by atoms with Gasteiger partial charge >= 0.3 is 0 Å². The van der Waals surface area contributed by atoms with Crippen LogP contribution >= 0.6 is 0 Å². The Morgan fingerprint density at radius 2 is 1.72 bits per heavy atom. The summed E-state index contributed by atoms with van der Waals surface area (Å²) in [6, 6.07) is 10.4. The van der Waals surface area contributed by atoms with E-state index >= 15 is 0 Å². The van der Waals surface area contributed by atoms with Gasteiger partial charge in [0.05, 0.1) is 9.85 Å². The lowest BCUT2D eigenvalue weighted by atomic mass is 10.0. The summed E-state index contributed by atoms with van der Waals surface area (Å²) in [5, 5.41) is 24.3. The van der Waals surface area contributed by atoms with Crippen LogP contribution in [0.25, 0.3) is 0 Å². The highest BCUT2D eigenvalue weighted by atomic mass is 16.6. The van der Waals surface area contributed by atoms with Gasteiger partial charge in [-0.1, -0.05) is 25.1 Å². The Hall–Kier alpha value is -3.29. The van der Waals surface area contributed by atoms with E-state index in [1.165, 1.54) is 30.3 Å². The Kier molecular flexibility index (Phi) is 5.43. The lowest BCUT2D eigenvalue weighted by Crippen LogP contribution is -2.27. The van der Waals surface area contributed by atoms with Crippen molar-refractivity contribution in [2.24, 2.45) is 0 Å². The maximum absolute atomic E-state index is 12.2. The van der Waals surface area contributed by atoms with E-state index in [1.54, 1.807) is 19.1 Å². The lowest BCUT2D eigenvalue weighted by Gasteiger charge is -2.13. The van der Waals surface area contributed by atoms with Gasteiger partial charge in [0.1, 0.15) is 0 Å². The molecule has 0 bridgehead atoms. The summed E-state index contributed by atoms with van der Waals surface area (Å²) in [5.74, 6) is -0.470. The number of nitro benzene ring substituents is 2. The molecular formula is C17H17N3O5. The minimum absolute atomic E-state index is 0.00644. The number of benzene rings is 2. The highest BCUT2D eigenvalue weighted by molar-refractivity contribution is 5.95. The summed E-state index contributed by atoms with van der Waals surface area (Å²) < 4.78 is 0. The molecule has 8 heteroatoms. The molecule has 0 heterocycles. The van der Waals surface area contributed by atoms with Crippen molar-refractivity contribution in [3.63, 3.8) is 0 Å². The first-order chi connectivity index (χ1) is 11.8. The summed E-state index contributed by atoms with van der Waals surface area (Å²) in [6.45, 7) is 3.79. The normalized spacial score (nSPS) is 11.6. The predicted octanol–water partition coefficient (Wildman–Crippen LogP) is 3.34. The van der Waals surface area contributed by atoms with E-state index in [0.717, 1.165) is 5.56 Å². The van der Waals surface area contributed by atoms with E-state index in [4.69, 9.17) is 0 Å². The number of nitro groups is 2. The largest absolute Gasteiger partial charge is 0.351 e. The Balaban J connectivity index is 2.03. The molecule has 2 aromatic rings. The fourth-order valence-corrected chi connectivity index (χ4v) is 2.34. The van der Waals surface area contributed by atoms with Gasteiger partial charge in [-0.3, -0.25) is 25.0 Å². The topological polar surface area (TPSA) is 115 Å². The zero-order valence-electron chi connectivity index (χ0n) is 13.8. The Labute approximate surface area is 143 Å². The van der Waals surface area contributed by atoms with Crippen LogP contribution in [0.3, 0.4) is 0 Å². The molecule has 8 nitrogen and oxygen atoms in total. The molecule has 2 rings (SSSR count). The molecule has 0 aromatic heterocycles. The number of nitrogens with zero attached hydrogens (tertiary/aromatic N) is 2. The van der Waals surface area contributed by atoms with Crippen molar-refractivity contribution in [2.75, 3.05) is 6.54 Å². The molecule has 0 aliphatic rings. The molecule has 1 unspecified atom stereocenters. The number of amides is 1. The molecule has 0 saturated carbocycles. The number of aryl methyl sites for hydroxylation is 1. The van der Waals surface area contributed by atoms with E-state index in [-0.39, 0.29) is 22.9 Å². The Bertz CT molecular complexity index is 818. The van der Waals surface area contributed by atoms with Gasteiger partial charge in [-0.2, -0.15) is 0 Å². The van der Waals surface area contributed by atoms with Crippen molar-refractivity contribution in [2.45, 2.75) is 19.8 Å². The summed E-state index contributed by atoms with van der Waals surface area (Å²) >= 11 is 0. The molecule has 25 heavy (non-hydrogen) atoms. The molecule has 0 aliphatic carbocycles. The SMILES string of the molecule is Cc1ccc(C(=O)NCC(C)c2ccc([N+](=O)[O-])cc2)cc1[N+](=O)[O-]. The van der Waals surface area contributed by atoms with Crippen LogP contribution in [0.4, 0.5) is 11.4 Å². The van der Waals surface area contributed by atoms with Gasteiger partial charge < -0.3 is 5.32 Å². The van der Waals surface area contributed by atoms with Crippen molar-refractivity contribution >= 4 is 17.3 Å². The highest BCUT2D eigenvalue weighted by Crippen LogP contribution is 2.20. The van der Waals surface area contributed by atoms with Crippen LogP contribution in [-0.4, -0.2) is 22.3 Å². The van der Waals surface area contributed by atoms with E-state index in [0.29, 0.717) is 12.1 Å². The van der Waals surface area contributed by atoms with Gasteiger partial charge in [-0.25, -0.2) is 0 Å². The third-order valence-electron chi connectivity index (χ3n) is 3.91. The molecule has 130 valence electrons. The first-order valence-corrected chi connectivity index (χ1v) is 7.57. The van der Waals surface area contributed by atoms with Crippen LogP contribution in [0.2, 0.25) is 0 Å². The van der Waals surface area contributed by atoms with Crippen molar-refractivity contribution in [1.29, 1.82) is 0 Å². The summed E-state index contributed by atoms with van der Waals surface area (Å²) in [4.78, 5) is 32.8.